The van der Waals surface area contributed by atoms with E-state index < -0.39 is 0 Å². The molecule has 2 aromatic rings. The van der Waals surface area contributed by atoms with E-state index in [4.69, 9.17) is 0 Å². The highest BCUT2D eigenvalue weighted by molar-refractivity contribution is 7.17. The second kappa shape index (κ2) is 6.14. The summed E-state index contributed by atoms with van der Waals surface area (Å²) < 4.78 is 13.0. The summed E-state index contributed by atoms with van der Waals surface area (Å²) >= 11 is 1.33. The van der Waals surface area contributed by atoms with Crippen LogP contribution < -0.4 is 0 Å². The fourth-order valence-electron chi connectivity index (χ4n) is 2.52. The first kappa shape index (κ1) is 15.1. The molecular weight excluding hydrogens is 303 g/mol. The van der Waals surface area contributed by atoms with E-state index in [0.717, 1.165) is 10.6 Å². The summed E-state index contributed by atoms with van der Waals surface area (Å²) in [6.07, 6.45) is 0.935. The standard InChI is InChI=1S/C16H17FN2O2S/c1-10-14(16(21)19-8-6-13(20)7-9-19)22-15(18-10)11-2-4-12(17)5-3-11/h2-5,13,20H,6-9H2,1H3. The van der Waals surface area contributed by atoms with Crippen LogP contribution in [0.4, 0.5) is 4.39 Å². The average Bonchev–Trinajstić information content (AvgIpc) is 2.90. The first-order chi connectivity index (χ1) is 10.5. The monoisotopic (exact) mass is 320 g/mol. The third kappa shape index (κ3) is 3.03. The summed E-state index contributed by atoms with van der Waals surface area (Å²) in [7, 11) is 0. The SMILES string of the molecule is Cc1nc(-c2ccc(F)cc2)sc1C(=O)N1CCC(O)CC1. The van der Waals surface area contributed by atoms with Crippen molar-refractivity contribution in [2.75, 3.05) is 13.1 Å². The summed E-state index contributed by atoms with van der Waals surface area (Å²) in [6.45, 7) is 2.96. The Morgan fingerprint density at radius 3 is 2.59 bits per heavy atom. The number of rotatable bonds is 2. The van der Waals surface area contributed by atoms with E-state index in [1.165, 1.54) is 23.5 Å². The number of hydrogen-bond acceptors (Lipinski definition) is 4. The minimum Gasteiger partial charge on any atom is -0.393 e. The van der Waals surface area contributed by atoms with Crippen LogP contribution >= 0.6 is 11.3 Å². The number of piperidine rings is 1. The average molecular weight is 320 g/mol. The van der Waals surface area contributed by atoms with Crippen LogP contribution in [0.2, 0.25) is 0 Å². The molecule has 0 atom stereocenters. The molecular formula is C16H17FN2O2S. The number of carbonyl (C=O) groups is 1. The van der Waals surface area contributed by atoms with Crippen LogP contribution in [0, 0.1) is 12.7 Å². The Hall–Kier alpha value is -1.79. The molecule has 1 aliphatic heterocycles. The van der Waals surface area contributed by atoms with E-state index >= 15 is 0 Å². The van der Waals surface area contributed by atoms with Gasteiger partial charge in [-0.05, 0) is 44.0 Å². The molecule has 22 heavy (non-hydrogen) atoms. The van der Waals surface area contributed by atoms with Crippen molar-refractivity contribution in [2.45, 2.75) is 25.9 Å². The number of aliphatic hydroxyl groups excluding tert-OH is 1. The van der Waals surface area contributed by atoms with Crippen molar-refractivity contribution in [3.05, 3.63) is 40.7 Å². The number of aliphatic hydroxyl groups is 1. The Morgan fingerprint density at radius 1 is 1.32 bits per heavy atom. The molecule has 6 heteroatoms. The van der Waals surface area contributed by atoms with E-state index in [1.54, 1.807) is 17.0 Å². The van der Waals surface area contributed by atoms with Gasteiger partial charge in [0, 0.05) is 18.7 Å². The summed E-state index contributed by atoms with van der Waals surface area (Å²) in [6, 6.07) is 6.11. The van der Waals surface area contributed by atoms with E-state index in [0.29, 0.717) is 36.5 Å². The Kier molecular flexibility index (Phi) is 4.22. The second-order valence-corrected chi connectivity index (χ2v) is 6.46. The molecule has 1 saturated heterocycles. The molecule has 1 N–H and O–H groups in total. The van der Waals surface area contributed by atoms with Gasteiger partial charge in [-0.3, -0.25) is 4.79 Å². The molecule has 1 fully saturated rings. The molecule has 116 valence electrons. The highest BCUT2D eigenvalue weighted by Gasteiger charge is 2.25. The number of hydrogen-bond donors (Lipinski definition) is 1. The first-order valence-electron chi connectivity index (χ1n) is 7.25. The van der Waals surface area contributed by atoms with E-state index in [2.05, 4.69) is 4.98 Å². The zero-order valence-electron chi connectivity index (χ0n) is 12.3. The zero-order chi connectivity index (χ0) is 15.7. The molecule has 1 aromatic heterocycles. The van der Waals surface area contributed by atoms with Crippen LogP contribution in [0.1, 0.15) is 28.2 Å². The van der Waals surface area contributed by atoms with Crippen molar-refractivity contribution >= 4 is 17.2 Å². The molecule has 0 unspecified atom stereocenters. The predicted octanol–water partition coefficient (Wildman–Crippen LogP) is 2.85. The lowest BCUT2D eigenvalue weighted by atomic mass is 10.1. The van der Waals surface area contributed by atoms with Crippen molar-refractivity contribution in [1.29, 1.82) is 0 Å². The Labute approximate surface area is 132 Å². The normalized spacial score (nSPS) is 16.0. The molecule has 0 saturated carbocycles. The first-order valence-corrected chi connectivity index (χ1v) is 8.07. The number of aromatic nitrogens is 1. The highest BCUT2D eigenvalue weighted by atomic mass is 32.1. The number of thiazole rings is 1. The fourth-order valence-corrected chi connectivity index (χ4v) is 3.56. The highest BCUT2D eigenvalue weighted by Crippen LogP contribution is 2.29. The summed E-state index contributed by atoms with van der Waals surface area (Å²) in [5.74, 6) is -0.324. The maximum absolute atomic E-state index is 13.0. The van der Waals surface area contributed by atoms with Crippen LogP contribution in [0.15, 0.2) is 24.3 Å². The second-order valence-electron chi connectivity index (χ2n) is 5.46. The van der Waals surface area contributed by atoms with Gasteiger partial charge in [0.15, 0.2) is 0 Å². The third-order valence-electron chi connectivity index (χ3n) is 3.83. The van der Waals surface area contributed by atoms with Gasteiger partial charge in [-0.25, -0.2) is 9.37 Å². The molecule has 0 radical (unpaired) electrons. The summed E-state index contributed by atoms with van der Waals surface area (Å²) in [4.78, 5) is 19.4. The van der Waals surface area contributed by atoms with Crippen LogP contribution in [0.25, 0.3) is 10.6 Å². The quantitative estimate of drug-likeness (QED) is 0.926. The van der Waals surface area contributed by atoms with Gasteiger partial charge in [0.25, 0.3) is 5.91 Å². The van der Waals surface area contributed by atoms with Crippen molar-refractivity contribution in [3.8, 4) is 10.6 Å². The Morgan fingerprint density at radius 2 is 1.95 bits per heavy atom. The number of halogens is 1. The predicted molar refractivity (Wildman–Crippen MR) is 83.4 cm³/mol. The number of carbonyl (C=O) groups excluding carboxylic acids is 1. The van der Waals surface area contributed by atoms with Crippen LogP contribution in [-0.4, -0.2) is 40.1 Å². The Bertz CT molecular complexity index is 676. The lowest BCUT2D eigenvalue weighted by molar-refractivity contribution is 0.0550. The molecule has 1 aliphatic rings. The number of aryl methyl sites for hydroxylation is 1. The van der Waals surface area contributed by atoms with Gasteiger partial charge in [-0.15, -0.1) is 11.3 Å². The van der Waals surface area contributed by atoms with Crippen molar-refractivity contribution < 1.29 is 14.3 Å². The van der Waals surface area contributed by atoms with Gasteiger partial charge in [0.05, 0.1) is 11.8 Å². The Balaban J connectivity index is 1.83. The van der Waals surface area contributed by atoms with Gasteiger partial charge in [-0.2, -0.15) is 0 Å². The minimum absolute atomic E-state index is 0.0322. The topological polar surface area (TPSA) is 53.4 Å². The summed E-state index contributed by atoms with van der Waals surface area (Å²) in [5.41, 5.74) is 1.50. The minimum atomic E-state index is -0.304. The molecule has 0 bridgehead atoms. The summed E-state index contributed by atoms with van der Waals surface area (Å²) in [5, 5.41) is 10.3. The van der Waals surface area contributed by atoms with Gasteiger partial charge in [0.2, 0.25) is 0 Å². The van der Waals surface area contributed by atoms with Crippen molar-refractivity contribution in [1.82, 2.24) is 9.88 Å². The van der Waals surface area contributed by atoms with Crippen molar-refractivity contribution in [3.63, 3.8) is 0 Å². The molecule has 0 spiro atoms. The third-order valence-corrected chi connectivity index (χ3v) is 5.03. The molecule has 1 aromatic carbocycles. The number of likely N-dealkylation sites (tertiary alicyclic amines) is 1. The molecule has 3 rings (SSSR count). The fraction of sp³-hybridized carbons (Fsp3) is 0.375. The molecule has 2 heterocycles. The number of amides is 1. The van der Waals surface area contributed by atoms with E-state index in [1.807, 2.05) is 6.92 Å². The lowest BCUT2D eigenvalue weighted by Gasteiger charge is -2.29. The number of benzene rings is 1. The molecule has 0 aliphatic carbocycles. The van der Waals surface area contributed by atoms with Gasteiger partial charge in [-0.1, -0.05) is 0 Å². The van der Waals surface area contributed by atoms with Crippen LogP contribution in [-0.2, 0) is 0 Å². The lowest BCUT2D eigenvalue weighted by Crippen LogP contribution is -2.39. The van der Waals surface area contributed by atoms with Crippen LogP contribution in [0.5, 0.6) is 0 Å². The van der Waals surface area contributed by atoms with Gasteiger partial charge in [0.1, 0.15) is 15.7 Å². The molecule has 4 nitrogen and oxygen atoms in total. The van der Waals surface area contributed by atoms with Crippen LogP contribution in [0.3, 0.4) is 0 Å². The van der Waals surface area contributed by atoms with Crippen molar-refractivity contribution in [2.24, 2.45) is 0 Å². The van der Waals surface area contributed by atoms with Gasteiger partial charge >= 0.3 is 0 Å². The maximum atomic E-state index is 13.0. The van der Waals surface area contributed by atoms with Gasteiger partial charge < -0.3 is 10.0 Å². The van der Waals surface area contributed by atoms with E-state index in [-0.39, 0.29) is 17.8 Å². The molecule has 1 amide bonds. The number of nitrogens with zero attached hydrogens (tertiary/aromatic N) is 2. The van der Waals surface area contributed by atoms with E-state index in [9.17, 15) is 14.3 Å². The largest absolute Gasteiger partial charge is 0.393 e. The smallest absolute Gasteiger partial charge is 0.265 e. The maximum Gasteiger partial charge on any atom is 0.265 e. The zero-order valence-corrected chi connectivity index (χ0v) is 13.1.